The fourth-order valence-electron chi connectivity index (χ4n) is 2.58. The second-order valence-electron chi connectivity index (χ2n) is 6.43. The van der Waals surface area contributed by atoms with Gasteiger partial charge in [-0.1, -0.05) is 35.9 Å². The number of amides is 2. The summed E-state index contributed by atoms with van der Waals surface area (Å²) in [6.45, 7) is 2.65. The largest absolute Gasteiger partial charge is 0.444 e. The molecule has 150 valence electrons. The van der Waals surface area contributed by atoms with Gasteiger partial charge in [-0.05, 0) is 58.7 Å². The van der Waals surface area contributed by atoms with Crippen molar-refractivity contribution in [1.29, 1.82) is 0 Å². The fourth-order valence-corrected chi connectivity index (χ4v) is 3.71. The van der Waals surface area contributed by atoms with Crippen molar-refractivity contribution in [3.63, 3.8) is 0 Å². The van der Waals surface area contributed by atoms with Gasteiger partial charge in [-0.2, -0.15) is 11.8 Å². The molecule has 0 bridgehead atoms. The first-order valence-corrected chi connectivity index (χ1v) is 11.0. The first-order chi connectivity index (χ1) is 14.0. The Morgan fingerprint density at radius 3 is 2.55 bits per heavy atom. The number of aryl methyl sites for hydroxylation is 1. The van der Waals surface area contributed by atoms with Crippen LogP contribution in [0.3, 0.4) is 0 Å². The molecule has 0 saturated carbocycles. The molecule has 7 heteroatoms. The molecular weight excluding hydrogens is 452 g/mol. The van der Waals surface area contributed by atoms with Crippen LogP contribution < -0.4 is 10.6 Å². The van der Waals surface area contributed by atoms with E-state index >= 15 is 0 Å². The van der Waals surface area contributed by atoms with Gasteiger partial charge in [0.1, 0.15) is 0 Å². The van der Waals surface area contributed by atoms with E-state index in [4.69, 9.17) is 4.42 Å². The Hall–Kier alpha value is -2.51. The molecule has 5 nitrogen and oxygen atoms in total. The van der Waals surface area contributed by atoms with Crippen molar-refractivity contribution in [3.8, 4) is 0 Å². The minimum absolute atomic E-state index is 0.169. The van der Waals surface area contributed by atoms with E-state index in [2.05, 4.69) is 57.8 Å². The van der Waals surface area contributed by atoms with Crippen LogP contribution in [0, 0.1) is 6.92 Å². The quantitative estimate of drug-likeness (QED) is 0.438. The summed E-state index contributed by atoms with van der Waals surface area (Å²) < 4.78 is 5.71. The average molecular weight is 473 g/mol. The standard InChI is InChI=1S/C22H21BrN2O3S/c1-15-5-7-16(8-6-15)14-29-12-11-24-21(26)17-3-2-4-18(13-17)25-22(27)19-9-10-20(23)28-19/h2-10,13H,11-12,14H2,1H3,(H,24,26)(H,25,27). The topological polar surface area (TPSA) is 71.3 Å². The highest BCUT2D eigenvalue weighted by Gasteiger charge is 2.12. The Kier molecular flexibility index (Phi) is 7.55. The SMILES string of the molecule is Cc1ccc(CSCCNC(=O)c2cccc(NC(=O)c3ccc(Br)o3)c2)cc1. The first-order valence-electron chi connectivity index (χ1n) is 9.09. The number of furan rings is 1. The minimum atomic E-state index is -0.374. The highest BCUT2D eigenvalue weighted by atomic mass is 79.9. The van der Waals surface area contributed by atoms with Gasteiger partial charge in [0, 0.05) is 29.3 Å². The van der Waals surface area contributed by atoms with Gasteiger partial charge in [0.25, 0.3) is 11.8 Å². The molecule has 2 N–H and O–H groups in total. The normalized spacial score (nSPS) is 10.6. The van der Waals surface area contributed by atoms with Gasteiger partial charge in [-0.3, -0.25) is 9.59 Å². The third-order valence-corrected chi connectivity index (χ3v) is 5.56. The zero-order chi connectivity index (χ0) is 20.6. The van der Waals surface area contributed by atoms with E-state index < -0.39 is 0 Å². The summed E-state index contributed by atoms with van der Waals surface area (Å²) in [5.74, 6) is 1.39. The molecule has 0 aliphatic heterocycles. The predicted molar refractivity (Wildman–Crippen MR) is 120 cm³/mol. The molecule has 0 spiro atoms. The van der Waals surface area contributed by atoms with Gasteiger partial charge in [-0.25, -0.2) is 0 Å². The smallest absolute Gasteiger partial charge is 0.291 e. The highest BCUT2D eigenvalue weighted by Crippen LogP contribution is 2.17. The number of hydrogen-bond donors (Lipinski definition) is 2. The van der Waals surface area contributed by atoms with Crippen molar-refractivity contribution < 1.29 is 14.0 Å². The Morgan fingerprint density at radius 1 is 1.03 bits per heavy atom. The summed E-state index contributed by atoms with van der Waals surface area (Å²) >= 11 is 4.94. The average Bonchev–Trinajstić information content (AvgIpc) is 3.16. The van der Waals surface area contributed by atoms with Crippen LogP contribution in [0.5, 0.6) is 0 Å². The van der Waals surface area contributed by atoms with E-state index in [9.17, 15) is 9.59 Å². The maximum Gasteiger partial charge on any atom is 0.291 e. The summed E-state index contributed by atoms with van der Waals surface area (Å²) in [5.41, 5.74) is 3.55. The zero-order valence-electron chi connectivity index (χ0n) is 15.9. The van der Waals surface area contributed by atoms with Crippen molar-refractivity contribution in [2.45, 2.75) is 12.7 Å². The lowest BCUT2D eigenvalue weighted by atomic mass is 10.2. The van der Waals surface area contributed by atoms with E-state index in [1.165, 1.54) is 11.1 Å². The summed E-state index contributed by atoms with van der Waals surface area (Å²) in [4.78, 5) is 24.5. The van der Waals surface area contributed by atoms with Crippen molar-refractivity contribution in [2.75, 3.05) is 17.6 Å². The van der Waals surface area contributed by atoms with Gasteiger partial charge in [0.2, 0.25) is 0 Å². The van der Waals surface area contributed by atoms with Crippen LogP contribution in [0.15, 0.2) is 69.8 Å². The van der Waals surface area contributed by atoms with Crippen LogP contribution in [0.1, 0.15) is 32.0 Å². The Morgan fingerprint density at radius 2 is 1.83 bits per heavy atom. The van der Waals surface area contributed by atoms with Crippen LogP contribution in [-0.4, -0.2) is 24.1 Å². The second kappa shape index (κ2) is 10.3. The van der Waals surface area contributed by atoms with Gasteiger partial charge >= 0.3 is 0 Å². The molecule has 1 aromatic heterocycles. The number of carbonyl (C=O) groups is 2. The van der Waals surface area contributed by atoms with Gasteiger partial charge in [0.05, 0.1) is 0 Å². The molecule has 29 heavy (non-hydrogen) atoms. The molecule has 2 amide bonds. The fraction of sp³-hybridized carbons (Fsp3) is 0.182. The van der Waals surface area contributed by atoms with E-state index in [-0.39, 0.29) is 17.6 Å². The molecule has 3 aromatic rings. The molecule has 0 radical (unpaired) electrons. The molecule has 0 saturated heterocycles. The second-order valence-corrected chi connectivity index (χ2v) is 8.32. The van der Waals surface area contributed by atoms with Crippen molar-refractivity contribution >= 4 is 45.2 Å². The molecule has 0 aliphatic rings. The van der Waals surface area contributed by atoms with Crippen LogP contribution in [0.4, 0.5) is 5.69 Å². The Labute approximate surface area is 182 Å². The van der Waals surface area contributed by atoms with Crippen LogP contribution in [-0.2, 0) is 5.75 Å². The number of hydrogen-bond acceptors (Lipinski definition) is 4. The molecule has 0 unspecified atom stereocenters. The lowest BCUT2D eigenvalue weighted by Crippen LogP contribution is -2.25. The molecule has 0 aliphatic carbocycles. The van der Waals surface area contributed by atoms with Gasteiger partial charge < -0.3 is 15.1 Å². The Bertz CT molecular complexity index is 986. The van der Waals surface area contributed by atoms with Gasteiger partial charge in [0.15, 0.2) is 10.4 Å². The minimum Gasteiger partial charge on any atom is -0.444 e. The first kappa shape index (κ1) is 21.2. The van der Waals surface area contributed by atoms with E-state index in [0.29, 0.717) is 22.5 Å². The van der Waals surface area contributed by atoms with E-state index in [0.717, 1.165) is 11.5 Å². The number of rotatable bonds is 8. The van der Waals surface area contributed by atoms with Gasteiger partial charge in [-0.15, -0.1) is 0 Å². The van der Waals surface area contributed by atoms with Crippen molar-refractivity contribution in [3.05, 3.63) is 87.8 Å². The molecule has 3 rings (SSSR count). The summed E-state index contributed by atoms with van der Waals surface area (Å²) in [6, 6.07) is 18.5. The molecular formula is C22H21BrN2O3S. The monoisotopic (exact) mass is 472 g/mol. The number of nitrogens with one attached hydrogen (secondary N) is 2. The molecule has 0 fully saturated rings. The predicted octanol–water partition coefficient (Wildman–Crippen LogP) is 5.27. The number of carbonyl (C=O) groups excluding carboxylic acids is 2. The number of benzene rings is 2. The molecule has 2 aromatic carbocycles. The van der Waals surface area contributed by atoms with Crippen LogP contribution in [0.25, 0.3) is 0 Å². The summed E-state index contributed by atoms with van der Waals surface area (Å²) in [6.07, 6.45) is 0. The number of thioether (sulfide) groups is 1. The summed E-state index contributed by atoms with van der Waals surface area (Å²) in [5, 5.41) is 5.64. The maximum atomic E-state index is 12.4. The van der Waals surface area contributed by atoms with Crippen molar-refractivity contribution in [2.24, 2.45) is 0 Å². The third-order valence-electron chi connectivity index (χ3n) is 4.10. The lowest BCUT2D eigenvalue weighted by Gasteiger charge is -2.08. The lowest BCUT2D eigenvalue weighted by molar-refractivity contribution is 0.0954. The van der Waals surface area contributed by atoms with Crippen LogP contribution >= 0.6 is 27.7 Å². The van der Waals surface area contributed by atoms with E-state index in [1.807, 2.05) is 0 Å². The molecule has 1 heterocycles. The maximum absolute atomic E-state index is 12.4. The number of anilines is 1. The van der Waals surface area contributed by atoms with E-state index in [1.54, 1.807) is 48.2 Å². The highest BCUT2D eigenvalue weighted by molar-refractivity contribution is 9.10. The third kappa shape index (κ3) is 6.51. The van der Waals surface area contributed by atoms with Crippen molar-refractivity contribution in [1.82, 2.24) is 5.32 Å². The summed E-state index contributed by atoms with van der Waals surface area (Å²) in [7, 11) is 0. The zero-order valence-corrected chi connectivity index (χ0v) is 18.3. The molecule has 0 atom stereocenters. The Balaban J connectivity index is 1.45. The van der Waals surface area contributed by atoms with Crippen LogP contribution in [0.2, 0.25) is 0 Å². The number of halogens is 1.